The van der Waals surface area contributed by atoms with Crippen LogP contribution in [0, 0.1) is 0 Å². The fourth-order valence-corrected chi connectivity index (χ4v) is 12.7. The zero-order chi connectivity index (χ0) is 48.0. The van der Waals surface area contributed by atoms with E-state index in [1.54, 1.807) is 0 Å². The van der Waals surface area contributed by atoms with Crippen LogP contribution in [-0.4, -0.2) is 4.57 Å². The molecule has 2 aliphatic carbocycles. The first kappa shape index (κ1) is 41.9. The van der Waals surface area contributed by atoms with Gasteiger partial charge in [-0.2, -0.15) is 0 Å². The van der Waals surface area contributed by atoms with E-state index >= 15 is 0 Å². The summed E-state index contributed by atoms with van der Waals surface area (Å²) < 4.78 is 2.50. The maximum atomic E-state index is 2.50. The highest BCUT2D eigenvalue weighted by molar-refractivity contribution is 6.16. The predicted octanol–water partition coefficient (Wildman–Crippen LogP) is 18.3. The highest BCUT2D eigenvalue weighted by Gasteiger charge is 2.47. The van der Waals surface area contributed by atoms with Gasteiger partial charge in [0.2, 0.25) is 0 Å². The Hall–Kier alpha value is -8.98. The second kappa shape index (κ2) is 16.3. The highest BCUT2D eigenvalue weighted by atomic mass is 15.1. The van der Waals surface area contributed by atoms with E-state index in [9.17, 15) is 0 Å². The molecule has 1 heterocycles. The van der Waals surface area contributed by atoms with Gasteiger partial charge >= 0.3 is 0 Å². The molecule has 0 fully saturated rings. The van der Waals surface area contributed by atoms with Crippen LogP contribution in [0.3, 0.4) is 0 Å². The Bertz CT molecular complexity index is 4000. The van der Waals surface area contributed by atoms with Gasteiger partial charge in [0.05, 0.1) is 16.4 Å². The molecule has 72 heavy (non-hydrogen) atoms. The summed E-state index contributed by atoms with van der Waals surface area (Å²) in [5.74, 6) is 0. The predicted molar refractivity (Wildman–Crippen MR) is 301 cm³/mol. The molecule has 0 N–H and O–H groups in total. The Morgan fingerprint density at radius 2 is 0.792 bits per heavy atom. The third-order valence-electron chi connectivity index (χ3n) is 15.9. The Morgan fingerprint density at radius 3 is 1.43 bits per heavy atom. The molecule has 0 saturated heterocycles. The molecule has 2 aliphatic rings. The lowest BCUT2D eigenvalue weighted by molar-refractivity contribution is 0.660. The van der Waals surface area contributed by atoms with E-state index in [2.05, 4.69) is 290 Å². The van der Waals surface area contributed by atoms with Crippen LogP contribution in [-0.2, 0) is 10.8 Å². The summed E-state index contributed by atoms with van der Waals surface area (Å²) >= 11 is 0. The van der Waals surface area contributed by atoms with Crippen LogP contribution in [0.1, 0.15) is 47.2 Å². The van der Waals surface area contributed by atoms with Crippen LogP contribution >= 0.6 is 0 Å². The lowest BCUT2D eigenvalue weighted by atomic mass is 9.66. The minimum atomic E-state index is -0.621. The number of aromatic nitrogens is 1. The number of nitrogens with zero attached hydrogens (tertiary/aromatic N) is 2. The fraction of sp³-hybridized carbons (Fsp3) is 0.0571. The SMILES string of the molecule is CC1(C)c2ccccc2-c2ccc(N(c3ccc(-c4ccccc4)cc3)c3cc(-c4ccccc4C4(c5ccccc5)c5ccccc5-c5ccccc54)c4c(c3)c3ccccc3n4-c3ccccc3)cc21. The van der Waals surface area contributed by atoms with Crippen molar-refractivity contribution in [3.05, 3.63) is 300 Å². The molecule has 2 nitrogen and oxygen atoms in total. The van der Waals surface area contributed by atoms with Gasteiger partial charge in [-0.05, 0) is 127 Å². The number of fused-ring (bicyclic) bond motifs is 9. The molecule has 340 valence electrons. The van der Waals surface area contributed by atoms with E-state index in [0.29, 0.717) is 0 Å². The molecule has 1 aromatic heterocycles. The normalized spacial score (nSPS) is 13.6. The van der Waals surface area contributed by atoms with Gasteiger partial charge in [0.1, 0.15) is 0 Å². The molecule has 0 unspecified atom stereocenters. The van der Waals surface area contributed by atoms with Crippen molar-refractivity contribution in [1.82, 2.24) is 4.57 Å². The number of para-hydroxylation sites is 2. The van der Waals surface area contributed by atoms with Crippen LogP contribution in [0.4, 0.5) is 17.1 Å². The van der Waals surface area contributed by atoms with E-state index in [0.717, 1.165) is 28.3 Å². The molecule has 0 aliphatic heterocycles. The second-order valence-corrected chi connectivity index (χ2v) is 20.0. The first-order valence-corrected chi connectivity index (χ1v) is 25.2. The molecule has 0 amide bonds. The van der Waals surface area contributed by atoms with E-state index in [1.807, 2.05) is 0 Å². The van der Waals surface area contributed by atoms with Crippen molar-refractivity contribution in [1.29, 1.82) is 0 Å². The number of rotatable bonds is 8. The van der Waals surface area contributed by atoms with Gasteiger partial charge in [0.15, 0.2) is 0 Å². The molecule has 0 atom stereocenters. The van der Waals surface area contributed by atoms with E-state index in [-0.39, 0.29) is 5.41 Å². The molecule has 2 heteroatoms. The topological polar surface area (TPSA) is 8.17 Å². The second-order valence-electron chi connectivity index (χ2n) is 20.0. The van der Waals surface area contributed by atoms with Crippen LogP contribution in [0.25, 0.3) is 72.0 Å². The van der Waals surface area contributed by atoms with Gasteiger partial charge in [-0.25, -0.2) is 0 Å². The molecule has 14 rings (SSSR count). The maximum absolute atomic E-state index is 2.50. The van der Waals surface area contributed by atoms with Gasteiger partial charge in [0.25, 0.3) is 0 Å². The van der Waals surface area contributed by atoms with Crippen LogP contribution in [0.5, 0.6) is 0 Å². The summed E-state index contributed by atoms with van der Waals surface area (Å²) in [5, 5.41) is 2.40. The molecule has 0 saturated carbocycles. The number of hydrogen-bond donors (Lipinski definition) is 0. The third-order valence-corrected chi connectivity index (χ3v) is 15.9. The van der Waals surface area contributed by atoms with Crippen LogP contribution in [0.2, 0.25) is 0 Å². The number of anilines is 3. The summed E-state index contributed by atoms with van der Waals surface area (Å²) in [5.41, 5.74) is 23.6. The molecule has 0 bridgehead atoms. The van der Waals surface area contributed by atoms with Gasteiger partial charge in [-0.15, -0.1) is 0 Å². The quantitative estimate of drug-likeness (QED) is 0.147. The minimum absolute atomic E-state index is 0.179. The average Bonchev–Trinajstić information content (AvgIpc) is 4.03. The lowest BCUT2D eigenvalue weighted by Crippen LogP contribution is -2.29. The number of hydrogen-bond acceptors (Lipinski definition) is 1. The third kappa shape index (κ3) is 6.15. The highest BCUT2D eigenvalue weighted by Crippen LogP contribution is 2.59. The van der Waals surface area contributed by atoms with E-state index in [4.69, 9.17) is 0 Å². The average molecular weight is 919 g/mol. The van der Waals surface area contributed by atoms with E-state index < -0.39 is 5.41 Å². The van der Waals surface area contributed by atoms with Crippen molar-refractivity contribution in [2.45, 2.75) is 24.7 Å². The summed E-state index contributed by atoms with van der Waals surface area (Å²) in [7, 11) is 0. The number of benzene rings is 11. The Labute approximate surface area is 421 Å². The molecule has 12 aromatic rings. The Kier molecular flexibility index (Phi) is 9.50. The monoisotopic (exact) mass is 918 g/mol. The van der Waals surface area contributed by atoms with Crippen molar-refractivity contribution >= 4 is 38.9 Å². The minimum Gasteiger partial charge on any atom is -0.310 e. The molecular formula is C70H50N2. The first-order valence-electron chi connectivity index (χ1n) is 25.2. The lowest BCUT2D eigenvalue weighted by Gasteiger charge is -2.36. The van der Waals surface area contributed by atoms with Gasteiger partial charge in [0, 0.05) is 44.5 Å². The van der Waals surface area contributed by atoms with Crippen molar-refractivity contribution in [3.63, 3.8) is 0 Å². The van der Waals surface area contributed by atoms with Crippen molar-refractivity contribution < 1.29 is 0 Å². The zero-order valence-electron chi connectivity index (χ0n) is 40.3. The largest absolute Gasteiger partial charge is 0.310 e. The van der Waals surface area contributed by atoms with Gasteiger partial charge in [-0.3, -0.25) is 0 Å². The van der Waals surface area contributed by atoms with Gasteiger partial charge in [-0.1, -0.05) is 226 Å². The molecule has 0 spiro atoms. The fourth-order valence-electron chi connectivity index (χ4n) is 12.7. The molecular weight excluding hydrogens is 869 g/mol. The smallest absolute Gasteiger partial charge is 0.0719 e. The molecule has 0 radical (unpaired) electrons. The van der Waals surface area contributed by atoms with Crippen LogP contribution < -0.4 is 4.90 Å². The van der Waals surface area contributed by atoms with Crippen molar-refractivity contribution in [3.8, 4) is 50.2 Å². The Balaban J connectivity index is 1.10. The summed E-state index contributed by atoms with van der Waals surface area (Å²) in [6.07, 6.45) is 0. The molecule has 11 aromatic carbocycles. The standard InChI is InChI=1S/C70H50N2/c1-69(2)62-33-17-12-28-54(62)58-43-42-52(46-66(58)69)71(51-40-38-48(39-41-51)47-22-6-3-7-23-47)53-44-60(68-61(45-53)59-32-16-21-37-67(59)72(68)50-26-10-5-11-27-50)57-31-15-20-36-65(57)70(49-24-8-4-9-25-49)63-34-18-13-29-55(63)56-30-14-19-35-64(56)70/h3-46H,1-2H3. The van der Waals surface area contributed by atoms with Gasteiger partial charge < -0.3 is 9.47 Å². The maximum Gasteiger partial charge on any atom is 0.0719 e. The summed E-state index contributed by atoms with van der Waals surface area (Å²) in [6, 6.07) is 99.4. The zero-order valence-corrected chi connectivity index (χ0v) is 40.3. The van der Waals surface area contributed by atoms with E-state index in [1.165, 1.54) is 94.1 Å². The van der Waals surface area contributed by atoms with Crippen molar-refractivity contribution in [2.24, 2.45) is 0 Å². The van der Waals surface area contributed by atoms with Crippen LogP contribution in [0.15, 0.2) is 267 Å². The van der Waals surface area contributed by atoms with Crippen molar-refractivity contribution in [2.75, 3.05) is 4.90 Å². The summed E-state index contributed by atoms with van der Waals surface area (Å²) in [4.78, 5) is 2.50. The first-order chi connectivity index (χ1) is 35.5. The Morgan fingerprint density at radius 1 is 0.319 bits per heavy atom. The summed E-state index contributed by atoms with van der Waals surface area (Å²) in [6.45, 7) is 4.75.